The van der Waals surface area contributed by atoms with Crippen LogP contribution in [0.15, 0.2) is 48.9 Å². The largest absolute Gasteiger partial charge is 0.369 e. The Morgan fingerprint density at radius 3 is 2.70 bits per heavy atom. The SMILES string of the molecule is Cc1ccn(-c2cc(NCCNS(=O)(=O)Cc3ccccc3F)ncn2)n1. The zero-order chi connectivity index (χ0) is 19.3. The van der Waals surface area contributed by atoms with E-state index in [0.717, 1.165) is 5.69 Å². The fourth-order valence-electron chi connectivity index (χ4n) is 2.38. The Kier molecular flexibility index (Phi) is 5.77. The van der Waals surface area contributed by atoms with Crippen LogP contribution in [0.5, 0.6) is 0 Å². The molecular formula is C17H19FN6O2S. The second-order valence-corrected chi connectivity index (χ2v) is 7.64. The third-order valence-electron chi connectivity index (χ3n) is 3.67. The molecular weight excluding hydrogens is 371 g/mol. The lowest BCUT2D eigenvalue weighted by Crippen LogP contribution is -2.30. The maximum absolute atomic E-state index is 13.6. The Morgan fingerprint density at radius 2 is 1.96 bits per heavy atom. The summed E-state index contributed by atoms with van der Waals surface area (Å²) in [5.41, 5.74) is 1.00. The molecule has 0 aliphatic heterocycles. The molecule has 0 bridgehead atoms. The van der Waals surface area contributed by atoms with Crippen molar-refractivity contribution in [3.63, 3.8) is 0 Å². The Labute approximate surface area is 156 Å². The van der Waals surface area contributed by atoms with Crippen molar-refractivity contribution in [2.24, 2.45) is 0 Å². The van der Waals surface area contributed by atoms with Gasteiger partial charge >= 0.3 is 0 Å². The van der Waals surface area contributed by atoms with Crippen molar-refractivity contribution in [1.82, 2.24) is 24.5 Å². The summed E-state index contributed by atoms with van der Waals surface area (Å²) >= 11 is 0. The first kappa shape index (κ1) is 18.9. The highest BCUT2D eigenvalue weighted by molar-refractivity contribution is 7.88. The van der Waals surface area contributed by atoms with E-state index in [-0.39, 0.29) is 12.1 Å². The van der Waals surface area contributed by atoms with E-state index in [2.05, 4.69) is 25.1 Å². The number of anilines is 1. The van der Waals surface area contributed by atoms with Crippen molar-refractivity contribution < 1.29 is 12.8 Å². The summed E-state index contributed by atoms with van der Waals surface area (Å²) in [5, 5.41) is 7.29. The van der Waals surface area contributed by atoms with E-state index in [9.17, 15) is 12.8 Å². The maximum atomic E-state index is 13.6. The highest BCUT2D eigenvalue weighted by Gasteiger charge is 2.13. The van der Waals surface area contributed by atoms with Crippen LogP contribution in [0, 0.1) is 12.7 Å². The second kappa shape index (κ2) is 8.23. The third kappa shape index (κ3) is 5.31. The van der Waals surface area contributed by atoms with E-state index >= 15 is 0 Å². The molecule has 0 unspecified atom stereocenters. The van der Waals surface area contributed by atoms with Crippen molar-refractivity contribution >= 4 is 15.8 Å². The zero-order valence-electron chi connectivity index (χ0n) is 14.6. The summed E-state index contributed by atoms with van der Waals surface area (Å²) in [6.07, 6.45) is 3.19. The van der Waals surface area contributed by atoms with Gasteiger partial charge in [-0.05, 0) is 19.1 Å². The van der Waals surface area contributed by atoms with Crippen LogP contribution in [-0.4, -0.2) is 41.3 Å². The van der Waals surface area contributed by atoms with Crippen LogP contribution in [0.4, 0.5) is 10.2 Å². The van der Waals surface area contributed by atoms with E-state index in [4.69, 9.17) is 0 Å². The fraction of sp³-hybridized carbons (Fsp3) is 0.235. The minimum absolute atomic E-state index is 0.132. The van der Waals surface area contributed by atoms with E-state index < -0.39 is 21.6 Å². The Balaban J connectivity index is 1.52. The van der Waals surface area contributed by atoms with Gasteiger partial charge in [0.2, 0.25) is 10.0 Å². The maximum Gasteiger partial charge on any atom is 0.215 e. The zero-order valence-corrected chi connectivity index (χ0v) is 15.4. The number of hydrogen-bond acceptors (Lipinski definition) is 6. The van der Waals surface area contributed by atoms with Crippen LogP contribution >= 0.6 is 0 Å². The van der Waals surface area contributed by atoms with Gasteiger partial charge in [0.05, 0.1) is 11.4 Å². The molecule has 2 heterocycles. The molecule has 0 fully saturated rings. The minimum atomic E-state index is -3.64. The average molecular weight is 390 g/mol. The number of benzene rings is 1. The quantitative estimate of drug-likeness (QED) is 0.567. The summed E-state index contributed by atoms with van der Waals surface area (Å²) < 4.78 is 41.8. The molecule has 8 nitrogen and oxygen atoms in total. The fourth-order valence-corrected chi connectivity index (χ4v) is 3.54. The number of rotatable bonds is 8. The van der Waals surface area contributed by atoms with Crippen molar-refractivity contribution in [1.29, 1.82) is 0 Å². The van der Waals surface area contributed by atoms with Crippen molar-refractivity contribution in [3.05, 3.63) is 66.0 Å². The lowest BCUT2D eigenvalue weighted by molar-refractivity contribution is 0.575. The normalized spacial score (nSPS) is 11.5. The molecule has 3 rings (SSSR count). The summed E-state index contributed by atoms with van der Waals surface area (Å²) in [6.45, 7) is 2.33. The molecule has 1 aromatic carbocycles. The molecule has 0 saturated heterocycles. The van der Waals surface area contributed by atoms with Gasteiger partial charge in [0, 0.05) is 30.9 Å². The van der Waals surface area contributed by atoms with Gasteiger partial charge in [0.1, 0.15) is 18.0 Å². The molecule has 2 N–H and O–H groups in total. The van der Waals surface area contributed by atoms with Crippen LogP contribution in [0.3, 0.4) is 0 Å². The average Bonchev–Trinajstić information content (AvgIpc) is 3.07. The summed E-state index contributed by atoms with van der Waals surface area (Å²) in [6, 6.07) is 9.37. The molecule has 0 radical (unpaired) electrons. The number of hydrogen-bond donors (Lipinski definition) is 2. The van der Waals surface area contributed by atoms with Gasteiger partial charge in [-0.3, -0.25) is 0 Å². The van der Waals surface area contributed by atoms with E-state index in [1.165, 1.54) is 24.5 Å². The van der Waals surface area contributed by atoms with Crippen molar-refractivity contribution in [2.75, 3.05) is 18.4 Å². The van der Waals surface area contributed by atoms with Gasteiger partial charge in [-0.25, -0.2) is 32.2 Å². The molecule has 0 amide bonds. The Morgan fingerprint density at radius 1 is 1.15 bits per heavy atom. The highest BCUT2D eigenvalue weighted by Crippen LogP contribution is 2.10. The molecule has 0 aliphatic carbocycles. The summed E-state index contributed by atoms with van der Waals surface area (Å²) in [4.78, 5) is 8.24. The lowest BCUT2D eigenvalue weighted by atomic mass is 10.2. The molecule has 0 aliphatic rings. The van der Waals surface area contributed by atoms with Crippen LogP contribution in [0.25, 0.3) is 5.82 Å². The number of aromatic nitrogens is 4. The van der Waals surface area contributed by atoms with Gasteiger partial charge in [0.25, 0.3) is 0 Å². The smallest absolute Gasteiger partial charge is 0.215 e. The van der Waals surface area contributed by atoms with Gasteiger partial charge in [-0.15, -0.1) is 0 Å². The van der Waals surface area contributed by atoms with E-state index in [1.54, 1.807) is 23.0 Å². The predicted octanol–water partition coefficient (Wildman–Crippen LogP) is 1.64. The van der Waals surface area contributed by atoms with Crippen molar-refractivity contribution in [2.45, 2.75) is 12.7 Å². The van der Waals surface area contributed by atoms with Crippen LogP contribution < -0.4 is 10.0 Å². The lowest BCUT2D eigenvalue weighted by Gasteiger charge is -2.09. The van der Waals surface area contributed by atoms with Crippen molar-refractivity contribution in [3.8, 4) is 5.82 Å². The Hall–Kier alpha value is -2.85. The summed E-state index contributed by atoms with van der Waals surface area (Å²) in [7, 11) is -3.64. The first-order valence-corrected chi connectivity index (χ1v) is 9.87. The molecule has 2 aromatic heterocycles. The van der Waals surface area contributed by atoms with Crippen LogP contribution in [0.1, 0.15) is 11.3 Å². The summed E-state index contributed by atoms with van der Waals surface area (Å²) in [5.74, 6) is 0.196. The monoisotopic (exact) mass is 390 g/mol. The molecule has 27 heavy (non-hydrogen) atoms. The standard InChI is InChI=1S/C17H19FN6O2S/c1-13-6-9-24(23-13)17-10-16(20-12-21-17)19-7-8-22-27(25,26)11-14-4-2-3-5-15(14)18/h2-6,9-10,12,22H,7-8,11H2,1H3,(H,19,20,21). The number of nitrogens with one attached hydrogen (secondary N) is 2. The first-order valence-electron chi connectivity index (χ1n) is 8.22. The van der Waals surface area contributed by atoms with Gasteiger partial charge < -0.3 is 5.32 Å². The minimum Gasteiger partial charge on any atom is -0.369 e. The van der Waals surface area contributed by atoms with E-state index in [0.29, 0.717) is 18.2 Å². The van der Waals surface area contributed by atoms with E-state index in [1.807, 2.05) is 13.0 Å². The molecule has 0 spiro atoms. The van der Waals surface area contributed by atoms with Crippen LogP contribution in [-0.2, 0) is 15.8 Å². The number of halogens is 1. The topological polar surface area (TPSA) is 102 Å². The molecule has 142 valence electrons. The van der Waals surface area contributed by atoms with Gasteiger partial charge in [-0.2, -0.15) is 5.10 Å². The molecule has 0 atom stereocenters. The second-order valence-electron chi connectivity index (χ2n) is 5.83. The van der Waals surface area contributed by atoms with Gasteiger partial charge in [0.15, 0.2) is 5.82 Å². The third-order valence-corrected chi connectivity index (χ3v) is 5.00. The first-order chi connectivity index (χ1) is 12.9. The number of aryl methyl sites for hydroxylation is 1. The molecule has 3 aromatic rings. The number of nitrogens with zero attached hydrogens (tertiary/aromatic N) is 4. The number of sulfonamides is 1. The Bertz CT molecular complexity index is 1020. The molecule has 0 saturated carbocycles. The van der Waals surface area contributed by atoms with Gasteiger partial charge in [-0.1, -0.05) is 18.2 Å². The van der Waals surface area contributed by atoms with Crippen LogP contribution in [0.2, 0.25) is 0 Å². The highest BCUT2D eigenvalue weighted by atomic mass is 32.2. The molecule has 10 heteroatoms. The predicted molar refractivity (Wildman–Crippen MR) is 99.4 cm³/mol.